The van der Waals surface area contributed by atoms with E-state index in [0.717, 1.165) is 31.7 Å². The van der Waals surface area contributed by atoms with E-state index in [1.807, 2.05) is 12.1 Å². The van der Waals surface area contributed by atoms with Gasteiger partial charge in [0.1, 0.15) is 18.0 Å². The van der Waals surface area contributed by atoms with Crippen LogP contribution in [0, 0.1) is 5.82 Å². The van der Waals surface area contributed by atoms with E-state index in [2.05, 4.69) is 9.88 Å². The highest BCUT2D eigenvalue weighted by Crippen LogP contribution is 2.34. The number of aliphatic carboxylic acids is 2. The zero-order valence-electron chi connectivity index (χ0n) is 18.7. The molecule has 1 saturated heterocycles. The van der Waals surface area contributed by atoms with Gasteiger partial charge in [-0.05, 0) is 37.1 Å². The van der Waals surface area contributed by atoms with Crippen molar-refractivity contribution in [3.05, 3.63) is 48.3 Å². The Kier molecular flexibility index (Phi) is 10.2. The van der Waals surface area contributed by atoms with E-state index in [1.165, 1.54) is 12.3 Å². The highest BCUT2D eigenvalue weighted by molar-refractivity contribution is 5.73. The van der Waals surface area contributed by atoms with Gasteiger partial charge in [0, 0.05) is 18.8 Å². The van der Waals surface area contributed by atoms with Crippen molar-refractivity contribution >= 4 is 11.9 Å². The lowest BCUT2D eigenvalue weighted by Crippen LogP contribution is -2.51. The Balaban J connectivity index is 0.000000286. The number of aromatic nitrogens is 1. The summed E-state index contributed by atoms with van der Waals surface area (Å²) in [5, 5.41) is 14.2. The fraction of sp³-hybridized carbons (Fsp3) is 0.476. The molecule has 16 heteroatoms. The Morgan fingerprint density at radius 2 is 1.68 bits per heavy atom. The average molecular weight is 546 g/mol. The first-order chi connectivity index (χ1) is 17.2. The Hall–Kier alpha value is -3.40. The molecule has 3 atom stereocenters. The fourth-order valence-electron chi connectivity index (χ4n) is 3.52. The number of carboxylic acids is 2. The second-order valence-electron chi connectivity index (χ2n) is 7.58. The smallest absolute Gasteiger partial charge is 0.475 e. The van der Waals surface area contributed by atoms with Crippen LogP contribution < -0.4 is 4.74 Å². The lowest BCUT2D eigenvalue weighted by molar-refractivity contribution is -0.193. The van der Waals surface area contributed by atoms with E-state index in [1.54, 1.807) is 12.3 Å². The summed E-state index contributed by atoms with van der Waals surface area (Å²) in [6.45, 7) is 2.28. The minimum atomic E-state index is -5.08. The third kappa shape index (κ3) is 9.20. The number of halogens is 7. The van der Waals surface area contributed by atoms with Gasteiger partial charge in [0.05, 0.1) is 19.4 Å². The first-order valence-corrected chi connectivity index (χ1v) is 10.5. The second-order valence-corrected chi connectivity index (χ2v) is 7.58. The quantitative estimate of drug-likeness (QED) is 0.550. The zero-order valence-corrected chi connectivity index (χ0v) is 18.7. The molecule has 0 aromatic carbocycles. The molecule has 1 aliphatic heterocycles. The van der Waals surface area contributed by atoms with E-state index >= 15 is 0 Å². The molecule has 2 aromatic heterocycles. The van der Waals surface area contributed by atoms with Crippen molar-refractivity contribution in [1.29, 1.82) is 0 Å². The molecule has 9 nitrogen and oxygen atoms in total. The van der Waals surface area contributed by atoms with Crippen LogP contribution in [-0.4, -0.2) is 75.8 Å². The van der Waals surface area contributed by atoms with E-state index in [0.29, 0.717) is 6.61 Å². The first kappa shape index (κ1) is 29.8. The van der Waals surface area contributed by atoms with Crippen molar-refractivity contribution in [1.82, 2.24) is 9.88 Å². The van der Waals surface area contributed by atoms with Crippen LogP contribution in [0.2, 0.25) is 0 Å². The Labute approximate surface area is 204 Å². The number of fused-ring (bicyclic) bond motifs is 1. The number of carboxylic acid groups (broad SMARTS) is 2. The molecule has 2 aromatic rings. The third-order valence-electron chi connectivity index (χ3n) is 5.06. The summed E-state index contributed by atoms with van der Waals surface area (Å²) in [7, 11) is 0. The minimum Gasteiger partial charge on any atom is -0.475 e. The van der Waals surface area contributed by atoms with Gasteiger partial charge in [-0.15, -0.1) is 0 Å². The molecule has 1 saturated carbocycles. The summed E-state index contributed by atoms with van der Waals surface area (Å²) in [6, 6.07) is 7.07. The molecule has 1 aliphatic carbocycles. The first-order valence-electron chi connectivity index (χ1n) is 10.5. The van der Waals surface area contributed by atoms with Gasteiger partial charge in [0.25, 0.3) is 5.88 Å². The summed E-state index contributed by atoms with van der Waals surface area (Å²) in [5.74, 6) is -4.94. The van der Waals surface area contributed by atoms with Crippen LogP contribution in [0.25, 0.3) is 0 Å². The summed E-state index contributed by atoms with van der Waals surface area (Å²) < 4.78 is 94.4. The Bertz CT molecular complexity index is 991. The molecule has 0 amide bonds. The normalized spacial score (nSPS) is 21.5. The SMILES string of the molecule is Fc1cccnc1O[C@@H]1CC[C@H]2[C@H]1OCCN2Cc1ccco1.O=C(O)C(F)(F)F.O=C(O)C(F)(F)F. The van der Waals surface area contributed by atoms with Crippen LogP contribution in [0.4, 0.5) is 30.7 Å². The predicted octanol–water partition coefficient (Wildman–Crippen LogP) is 3.89. The van der Waals surface area contributed by atoms with Crippen molar-refractivity contribution < 1.29 is 64.4 Å². The number of rotatable bonds is 4. The molecule has 0 bridgehead atoms. The number of alkyl halides is 6. The Morgan fingerprint density at radius 1 is 1.05 bits per heavy atom. The van der Waals surface area contributed by atoms with Crippen LogP contribution in [0.3, 0.4) is 0 Å². The van der Waals surface area contributed by atoms with Crippen LogP contribution in [-0.2, 0) is 20.9 Å². The maximum atomic E-state index is 13.7. The van der Waals surface area contributed by atoms with Crippen molar-refractivity contribution in [3.63, 3.8) is 0 Å². The van der Waals surface area contributed by atoms with Crippen LogP contribution in [0.15, 0.2) is 41.1 Å². The molecule has 206 valence electrons. The number of pyridine rings is 1. The Morgan fingerprint density at radius 3 is 2.19 bits per heavy atom. The van der Waals surface area contributed by atoms with Crippen molar-refractivity contribution in [2.24, 2.45) is 0 Å². The molecule has 3 heterocycles. The predicted molar refractivity (Wildman–Crippen MR) is 108 cm³/mol. The van der Waals surface area contributed by atoms with Gasteiger partial charge in [0.2, 0.25) is 0 Å². The van der Waals surface area contributed by atoms with Crippen LogP contribution >= 0.6 is 0 Å². The molecule has 2 N–H and O–H groups in total. The molecule has 4 rings (SSSR count). The number of ether oxygens (including phenoxy) is 2. The number of hydrogen-bond acceptors (Lipinski definition) is 7. The fourth-order valence-corrected chi connectivity index (χ4v) is 3.52. The summed E-state index contributed by atoms with van der Waals surface area (Å²) in [5.41, 5.74) is 0. The van der Waals surface area contributed by atoms with Gasteiger partial charge in [-0.1, -0.05) is 0 Å². The van der Waals surface area contributed by atoms with E-state index in [4.69, 9.17) is 33.7 Å². The van der Waals surface area contributed by atoms with Gasteiger partial charge in [-0.3, -0.25) is 4.90 Å². The molecule has 2 fully saturated rings. The zero-order chi connectivity index (χ0) is 27.8. The molecule has 37 heavy (non-hydrogen) atoms. The topological polar surface area (TPSA) is 122 Å². The van der Waals surface area contributed by atoms with Gasteiger partial charge in [-0.2, -0.15) is 26.3 Å². The number of furan rings is 1. The minimum absolute atomic E-state index is 0.0554. The highest BCUT2D eigenvalue weighted by atomic mass is 19.4. The second kappa shape index (κ2) is 12.7. The van der Waals surface area contributed by atoms with Gasteiger partial charge >= 0.3 is 24.3 Å². The van der Waals surface area contributed by atoms with E-state index in [-0.39, 0.29) is 24.1 Å². The average Bonchev–Trinajstić information content (AvgIpc) is 3.46. The lowest BCUT2D eigenvalue weighted by Gasteiger charge is -2.38. The maximum Gasteiger partial charge on any atom is 0.490 e. The van der Waals surface area contributed by atoms with Gasteiger partial charge in [-0.25, -0.2) is 19.0 Å². The van der Waals surface area contributed by atoms with Gasteiger partial charge in [0.15, 0.2) is 5.82 Å². The molecule has 0 unspecified atom stereocenters. The highest BCUT2D eigenvalue weighted by Gasteiger charge is 2.44. The molecular formula is C21H21F7N2O7. The lowest BCUT2D eigenvalue weighted by atomic mass is 10.1. The van der Waals surface area contributed by atoms with Crippen molar-refractivity contribution in [2.45, 2.75) is 50.0 Å². The number of morpholine rings is 1. The van der Waals surface area contributed by atoms with E-state index in [9.17, 15) is 30.7 Å². The summed E-state index contributed by atoms with van der Waals surface area (Å²) in [6.07, 6.45) is -5.36. The van der Waals surface area contributed by atoms with Gasteiger partial charge < -0.3 is 24.1 Å². The third-order valence-corrected chi connectivity index (χ3v) is 5.06. The van der Waals surface area contributed by atoms with E-state index < -0.39 is 30.1 Å². The van der Waals surface area contributed by atoms with Crippen molar-refractivity contribution in [3.8, 4) is 5.88 Å². The number of nitrogens with zero attached hydrogens (tertiary/aromatic N) is 2. The maximum absolute atomic E-state index is 13.7. The van der Waals surface area contributed by atoms with Crippen molar-refractivity contribution in [2.75, 3.05) is 13.2 Å². The van der Waals surface area contributed by atoms with Crippen LogP contribution in [0.5, 0.6) is 5.88 Å². The summed E-state index contributed by atoms with van der Waals surface area (Å²) in [4.78, 5) is 24.1. The number of hydrogen-bond donors (Lipinski definition) is 2. The molecule has 2 aliphatic rings. The molecule has 0 spiro atoms. The molecular weight excluding hydrogens is 525 g/mol. The largest absolute Gasteiger partial charge is 0.490 e. The molecule has 0 radical (unpaired) electrons. The van der Waals surface area contributed by atoms with Crippen LogP contribution in [0.1, 0.15) is 18.6 Å². The standard InChI is InChI=1S/C17H19FN2O3.2C2HF3O2/c18-13-4-1-7-19-17(13)23-15-6-5-14-16(15)22-10-8-20(14)11-12-3-2-9-21-12;2*3-2(4,5)1(6)7/h1-4,7,9,14-16H,5-6,8,10-11H2;2*(H,6,7)/t14-,15+,16+;;/m0../s1. The summed E-state index contributed by atoms with van der Waals surface area (Å²) >= 11 is 0. The number of carbonyl (C=O) groups is 2. The monoisotopic (exact) mass is 546 g/mol.